The first-order chi connectivity index (χ1) is 9.54. The summed E-state index contributed by atoms with van der Waals surface area (Å²) in [6.45, 7) is 0. The molecular formula is C16H14F3N. The summed E-state index contributed by atoms with van der Waals surface area (Å²) in [6, 6.07) is 9.17. The van der Waals surface area contributed by atoms with Gasteiger partial charge in [-0.15, -0.1) is 0 Å². The Kier molecular flexibility index (Phi) is 3.24. The second kappa shape index (κ2) is 4.93. The number of fused-ring (bicyclic) bond motifs is 1. The molecule has 0 aliphatic heterocycles. The van der Waals surface area contributed by atoms with Gasteiger partial charge in [0.25, 0.3) is 0 Å². The van der Waals surface area contributed by atoms with E-state index in [-0.39, 0.29) is 0 Å². The Morgan fingerprint density at radius 3 is 2.55 bits per heavy atom. The van der Waals surface area contributed by atoms with Crippen LogP contribution in [0.1, 0.15) is 29.7 Å². The second-order valence-electron chi connectivity index (χ2n) is 5.09. The van der Waals surface area contributed by atoms with Crippen molar-refractivity contribution in [2.24, 2.45) is 0 Å². The van der Waals surface area contributed by atoms with E-state index < -0.39 is 11.7 Å². The van der Waals surface area contributed by atoms with Gasteiger partial charge >= 0.3 is 6.18 Å². The van der Waals surface area contributed by atoms with Crippen molar-refractivity contribution in [3.8, 4) is 11.3 Å². The third kappa shape index (κ3) is 2.55. The van der Waals surface area contributed by atoms with E-state index in [2.05, 4.69) is 4.98 Å². The van der Waals surface area contributed by atoms with Crippen LogP contribution in [0.4, 0.5) is 13.2 Å². The lowest BCUT2D eigenvalue weighted by atomic mass is 9.95. The average molecular weight is 277 g/mol. The van der Waals surface area contributed by atoms with Crippen molar-refractivity contribution in [1.82, 2.24) is 4.98 Å². The van der Waals surface area contributed by atoms with Crippen LogP contribution in [0.25, 0.3) is 11.3 Å². The van der Waals surface area contributed by atoms with Crippen LogP contribution in [-0.2, 0) is 19.0 Å². The fourth-order valence-electron chi connectivity index (χ4n) is 2.60. The van der Waals surface area contributed by atoms with Crippen LogP contribution in [0.2, 0.25) is 0 Å². The molecular weight excluding hydrogens is 263 g/mol. The minimum Gasteiger partial charge on any atom is -0.253 e. The second-order valence-corrected chi connectivity index (χ2v) is 5.09. The van der Waals surface area contributed by atoms with Gasteiger partial charge in [-0.25, -0.2) is 0 Å². The SMILES string of the molecule is FC(F)(F)c1cccc(-c2ccc3c(n2)CCCC3)c1. The third-order valence-corrected chi connectivity index (χ3v) is 3.66. The molecule has 1 aliphatic rings. The molecule has 0 radical (unpaired) electrons. The summed E-state index contributed by atoms with van der Waals surface area (Å²) in [5.74, 6) is 0. The molecule has 0 spiro atoms. The van der Waals surface area contributed by atoms with Gasteiger partial charge in [-0.2, -0.15) is 13.2 Å². The van der Waals surface area contributed by atoms with E-state index in [0.717, 1.165) is 43.5 Å². The number of rotatable bonds is 1. The van der Waals surface area contributed by atoms with Gasteiger partial charge in [0.1, 0.15) is 0 Å². The molecule has 3 rings (SSSR count). The lowest BCUT2D eigenvalue weighted by Gasteiger charge is -2.16. The molecule has 104 valence electrons. The van der Waals surface area contributed by atoms with Gasteiger partial charge in [-0.05, 0) is 49.4 Å². The quantitative estimate of drug-likeness (QED) is 0.739. The van der Waals surface area contributed by atoms with Gasteiger partial charge in [-0.1, -0.05) is 18.2 Å². The highest BCUT2D eigenvalue weighted by Crippen LogP contribution is 2.32. The molecule has 1 aliphatic carbocycles. The third-order valence-electron chi connectivity index (χ3n) is 3.66. The van der Waals surface area contributed by atoms with Crippen LogP contribution in [-0.4, -0.2) is 4.98 Å². The molecule has 2 aromatic rings. The molecule has 0 atom stereocenters. The van der Waals surface area contributed by atoms with Crippen molar-refractivity contribution >= 4 is 0 Å². The Hall–Kier alpha value is -1.84. The largest absolute Gasteiger partial charge is 0.416 e. The maximum absolute atomic E-state index is 12.7. The number of nitrogens with zero attached hydrogens (tertiary/aromatic N) is 1. The maximum atomic E-state index is 12.7. The number of pyridine rings is 1. The Morgan fingerprint density at radius 2 is 1.75 bits per heavy atom. The first-order valence-electron chi connectivity index (χ1n) is 6.70. The number of benzene rings is 1. The zero-order valence-corrected chi connectivity index (χ0v) is 10.9. The molecule has 4 heteroatoms. The summed E-state index contributed by atoms with van der Waals surface area (Å²) >= 11 is 0. The molecule has 0 N–H and O–H groups in total. The van der Waals surface area contributed by atoms with Gasteiger partial charge < -0.3 is 0 Å². The first kappa shape index (κ1) is 13.2. The van der Waals surface area contributed by atoms with Crippen molar-refractivity contribution in [2.75, 3.05) is 0 Å². The predicted octanol–water partition coefficient (Wildman–Crippen LogP) is 4.65. The number of aryl methyl sites for hydroxylation is 2. The van der Waals surface area contributed by atoms with Gasteiger partial charge in [-0.3, -0.25) is 4.98 Å². The van der Waals surface area contributed by atoms with Crippen molar-refractivity contribution in [1.29, 1.82) is 0 Å². The molecule has 1 aromatic heterocycles. The van der Waals surface area contributed by atoms with E-state index >= 15 is 0 Å². The van der Waals surface area contributed by atoms with Crippen LogP contribution in [0.15, 0.2) is 36.4 Å². The summed E-state index contributed by atoms with van der Waals surface area (Å²) in [4.78, 5) is 4.54. The van der Waals surface area contributed by atoms with E-state index in [4.69, 9.17) is 0 Å². The zero-order chi connectivity index (χ0) is 14.2. The number of alkyl halides is 3. The highest BCUT2D eigenvalue weighted by Gasteiger charge is 2.30. The van der Waals surface area contributed by atoms with Crippen molar-refractivity contribution in [2.45, 2.75) is 31.9 Å². The average Bonchev–Trinajstić information content (AvgIpc) is 2.46. The van der Waals surface area contributed by atoms with Crippen LogP contribution < -0.4 is 0 Å². The molecule has 20 heavy (non-hydrogen) atoms. The smallest absolute Gasteiger partial charge is 0.253 e. The van der Waals surface area contributed by atoms with Gasteiger partial charge in [0.05, 0.1) is 11.3 Å². The van der Waals surface area contributed by atoms with Gasteiger partial charge in [0.15, 0.2) is 0 Å². The van der Waals surface area contributed by atoms with Crippen LogP contribution in [0.5, 0.6) is 0 Å². The molecule has 0 amide bonds. The summed E-state index contributed by atoms with van der Waals surface area (Å²) in [5.41, 5.74) is 2.78. The fourth-order valence-corrected chi connectivity index (χ4v) is 2.60. The van der Waals surface area contributed by atoms with Gasteiger partial charge in [0.2, 0.25) is 0 Å². The van der Waals surface area contributed by atoms with Crippen molar-refractivity contribution in [3.63, 3.8) is 0 Å². The molecule has 0 fully saturated rings. The Bertz CT molecular complexity index is 632. The molecule has 1 aromatic carbocycles. The lowest BCUT2D eigenvalue weighted by Crippen LogP contribution is -2.07. The van der Waals surface area contributed by atoms with E-state index in [1.165, 1.54) is 11.6 Å². The van der Waals surface area contributed by atoms with Crippen molar-refractivity contribution < 1.29 is 13.2 Å². The number of hydrogen-bond acceptors (Lipinski definition) is 1. The monoisotopic (exact) mass is 277 g/mol. The minimum atomic E-state index is -4.32. The van der Waals surface area contributed by atoms with E-state index in [1.54, 1.807) is 6.07 Å². The molecule has 1 heterocycles. The maximum Gasteiger partial charge on any atom is 0.416 e. The van der Waals surface area contributed by atoms with Crippen molar-refractivity contribution in [3.05, 3.63) is 53.2 Å². The minimum absolute atomic E-state index is 0.521. The molecule has 0 saturated carbocycles. The van der Waals surface area contributed by atoms with Crippen LogP contribution in [0.3, 0.4) is 0 Å². The molecule has 0 unspecified atom stereocenters. The Balaban J connectivity index is 2.01. The van der Waals surface area contributed by atoms with E-state index in [0.29, 0.717) is 11.3 Å². The van der Waals surface area contributed by atoms with Crippen LogP contribution in [0, 0.1) is 0 Å². The summed E-state index contributed by atoms with van der Waals surface area (Å²) in [7, 11) is 0. The summed E-state index contributed by atoms with van der Waals surface area (Å²) in [6.07, 6.45) is -0.110. The predicted molar refractivity (Wildman–Crippen MR) is 71.3 cm³/mol. The lowest BCUT2D eigenvalue weighted by molar-refractivity contribution is -0.137. The zero-order valence-electron chi connectivity index (χ0n) is 10.9. The number of halogens is 3. The normalized spacial score (nSPS) is 14.9. The van der Waals surface area contributed by atoms with E-state index in [1.807, 2.05) is 12.1 Å². The topological polar surface area (TPSA) is 12.9 Å². The van der Waals surface area contributed by atoms with Gasteiger partial charge in [0, 0.05) is 11.3 Å². The number of aromatic nitrogens is 1. The molecule has 1 nitrogen and oxygen atoms in total. The Morgan fingerprint density at radius 1 is 0.950 bits per heavy atom. The fraction of sp³-hybridized carbons (Fsp3) is 0.312. The highest BCUT2D eigenvalue weighted by molar-refractivity contribution is 5.61. The standard InChI is InChI=1S/C16H14F3N/c17-16(18,19)13-6-3-5-12(10-13)15-9-8-11-4-1-2-7-14(11)20-15/h3,5-6,8-10H,1-2,4,7H2. The van der Waals surface area contributed by atoms with E-state index in [9.17, 15) is 13.2 Å². The van der Waals surface area contributed by atoms with Crippen LogP contribution >= 0.6 is 0 Å². The summed E-state index contributed by atoms with van der Waals surface area (Å²) < 4.78 is 38.2. The Labute approximate surface area is 115 Å². The summed E-state index contributed by atoms with van der Waals surface area (Å²) in [5, 5.41) is 0. The number of hydrogen-bond donors (Lipinski definition) is 0. The molecule has 0 saturated heterocycles. The highest BCUT2D eigenvalue weighted by atomic mass is 19.4. The molecule has 0 bridgehead atoms. The first-order valence-corrected chi connectivity index (χ1v) is 6.70.